The van der Waals surface area contributed by atoms with E-state index < -0.39 is 0 Å². The summed E-state index contributed by atoms with van der Waals surface area (Å²) in [5, 5.41) is 0. The van der Waals surface area contributed by atoms with Gasteiger partial charge in [0.2, 0.25) is 0 Å². The van der Waals surface area contributed by atoms with Crippen LogP contribution in [-0.2, 0) is 11.2 Å². The number of carbonyl (C=O) groups is 1. The Bertz CT molecular complexity index is 495. The molecule has 1 aliphatic rings. The van der Waals surface area contributed by atoms with Gasteiger partial charge in [-0.25, -0.2) is 4.79 Å². The molecular formula is C21H33NO2. The van der Waals surface area contributed by atoms with Crippen LogP contribution in [0.15, 0.2) is 24.3 Å². The summed E-state index contributed by atoms with van der Waals surface area (Å²) in [7, 11) is 0. The normalized spacial score (nSPS) is 18.8. The van der Waals surface area contributed by atoms with Gasteiger partial charge in [-0.1, -0.05) is 32.4 Å². The molecule has 1 atom stereocenters. The third-order valence-corrected chi connectivity index (χ3v) is 4.96. The van der Waals surface area contributed by atoms with Gasteiger partial charge in [0.25, 0.3) is 0 Å². The number of ether oxygens (including phenoxy) is 1. The zero-order chi connectivity index (χ0) is 17.4. The first-order valence-corrected chi connectivity index (χ1v) is 9.56. The van der Waals surface area contributed by atoms with Crippen molar-refractivity contribution in [3.8, 4) is 0 Å². The van der Waals surface area contributed by atoms with Crippen molar-refractivity contribution >= 4 is 5.97 Å². The van der Waals surface area contributed by atoms with E-state index in [0.29, 0.717) is 24.1 Å². The van der Waals surface area contributed by atoms with Crippen LogP contribution in [0.5, 0.6) is 0 Å². The second-order valence-corrected chi connectivity index (χ2v) is 7.50. The Morgan fingerprint density at radius 1 is 1.25 bits per heavy atom. The van der Waals surface area contributed by atoms with Gasteiger partial charge in [-0.3, -0.25) is 0 Å². The fourth-order valence-corrected chi connectivity index (χ4v) is 3.27. The molecule has 0 aliphatic carbocycles. The Morgan fingerprint density at radius 3 is 2.67 bits per heavy atom. The fraction of sp³-hybridized carbons (Fsp3) is 0.667. The lowest BCUT2D eigenvalue weighted by Gasteiger charge is -2.33. The third-order valence-electron chi connectivity index (χ3n) is 4.96. The Hall–Kier alpha value is -1.35. The first-order valence-electron chi connectivity index (χ1n) is 9.56. The topological polar surface area (TPSA) is 29.5 Å². The molecule has 1 aromatic rings. The van der Waals surface area contributed by atoms with Crippen LogP contribution in [0.1, 0.15) is 68.8 Å². The molecule has 1 aliphatic heterocycles. The van der Waals surface area contributed by atoms with Crippen LogP contribution in [-0.4, -0.2) is 36.6 Å². The number of benzene rings is 1. The van der Waals surface area contributed by atoms with E-state index in [1.54, 1.807) is 0 Å². The maximum atomic E-state index is 12.1. The molecule has 2 rings (SSSR count). The van der Waals surface area contributed by atoms with Crippen molar-refractivity contribution in [3.63, 3.8) is 0 Å². The standard InChI is InChI=1S/C21H33NO2/c1-17(2)8-9-19-10-12-20(13-11-19)21(23)24-16-6-15-22-14-5-4-7-18(22)3/h10-13,17-18H,4-9,14-16H2,1-3H3. The van der Waals surface area contributed by atoms with Gasteiger partial charge in [-0.15, -0.1) is 0 Å². The number of hydrogen-bond acceptors (Lipinski definition) is 3. The molecule has 0 saturated carbocycles. The van der Waals surface area contributed by atoms with Crippen molar-refractivity contribution in [2.75, 3.05) is 19.7 Å². The van der Waals surface area contributed by atoms with E-state index in [0.717, 1.165) is 19.4 Å². The van der Waals surface area contributed by atoms with Gasteiger partial charge in [0.1, 0.15) is 0 Å². The Kier molecular flexibility index (Phi) is 7.77. The summed E-state index contributed by atoms with van der Waals surface area (Å²) in [4.78, 5) is 14.6. The molecule has 1 aromatic carbocycles. The van der Waals surface area contributed by atoms with Crippen LogP contribution in [0.3, 0.4) is 0 Å². The van der Waals surface area contributed by atoms with Crippen molar-refractivity contribution in [3.05, 3.63) is 35.4 Å². The lowest BCUT2D eigenvalue weighted by Crippen LogP contribution is -2.38. The maximum Gasteiger partial charge on any atom is 0.338 e. The smallest absolute Gasteiger partial charge is 0.338 e. The number of carbonyl (C=O) groups excluding carboxylic acids is 1. The monoisotopic (exact) mass is 331 g/mol. The van der Waals surface area contributed by atoms with Crippen LogP contribution in [0, 0.1) is 5.92 Å². The highest BCUT2D eigenvalue weighted by atomic mass is 16.5. The second-order valence-electron chi connectivity index (χ2n) is 7.50. The van der Waals surface area contributed by atoms with Crippen LogP contribution in [0.2, 0.25) is 0 Å². The molecule has 0 amide bonds. The average molecular weight is 332 g/mol. The number of esters is 1. The predicted octanol–water partition coefficient (Wildman–Crippen LogP) is 4.70. The summed E-state index contributed by atoms with van der Waals surface area (Å²) in [5.74, 6) is 0.509. The molecule has 3 nitrogen and oxygen atoms in total. The van der Waals surface area contributed by atoms with Crippen LogP contribution in [0.4, 0.5) is 0 Å². The van der Waals surface area contributed by atoms with Crippen molar-refractivity contribution in [1.29, 1.82) is 0 Å². The van der Waals surface area contributed by atoms with Crippen molar-refractivity contribution in [1.82, 2.24) is 4.90 Å². The highest BCUT2D eigenvalue weighted by Crippen LogP contribution is 2.16. The molecule has 134 valence electrons. The van der Waals surface area contributed by atoms with Crippen molar-refractivity contribution in [2.24, 2.45) is 5.92 Å². The molecule has 1 saturated heterocycles. The van der Waals surface area contributed by atoms with E-state index in [1.807, 2.05) is 24.3 Å². The number of nitrogens with zero attached hydrogens (tertiary/aromatic N) is 1. The van der Waals surface area contributed by atoms with Gasteiger partial charge < -0.3 is 9.64 Å². The van der Waals surface area contributed by atoms with Gasteiger partial charge in [-0.05, 0) is 69.2 Å². The fourth-order valence-electron chi connectivity index (χ4n) is 3.27. The van der Waals surface area contributed by atoms with Crippen molar-refractivity contribution in [2.45, 2.75) is 65.3 Å². The lowest BCUT2D eigenvalue weighted by molar-refractivity contribution is 0.0475. The number of hydrogen-bond donors (Lipinski definition) is 0. The van der Waals surface area contributed by atoms with Crippen molar-refractivity contribution < 1.29 is 9.53 Å². The summed E-state index contributed by atoms with van der Waals surface area (Å²) in [5.41, 5.74) is 1.95. The molecule has 0 spiro atoms. The number of likely N-dealkylation sites (tertiary alicyclic amines) is 1. The minimum atomic E-state index is -0.197. The largest absolute Gasteiger partial charge is 0.462 e. The SMILES string of the molecule is CC(C)CCc1ccc(C(=O)OCCCN2CCCCC2C)cc1. The Morgan fingerprint density at radius 2 is 2.00 bits per heavy atom. The molecule has 1 fully saturated rings. The summed E-state index contributed by atoms with van der Waals surface area (Å²) in [6, 6.07) is 8.56. The molecule has 3 heteroatoms. The molecular weight excluding hydrogens is 298 g/mol. The van der Waals surface area contributed by atoms with E-state index in [9.17, 15) is 4.79 Å². The summed E-state index contributed by atoms with van der Waals surface area (Å²) >= 11 is 0. The molecule has 0 N–H and O–H groups in total. The maximum absolute atomic E-state index is 12.1. The quantitative estimate of drug-likeness (QED) is 0.511. The molecule has 0 aromatic heterocycles. The summed E-state index contributed by atoms with van der Waals surface area (Å²) in [6.45, 7) is 9.49. The average Bonchev–Trinajstić information content (AvgIpc) is 2.58. The highest BCUT2D eigenvalue weighted by Gasteiger charge is 2.17. The van der Waals surface area contributed by atoms with E-state index in [1.165, 1.54) is 37.8 Å². The second kappa shape index (κ2) is 9.83. The minimum Gasteiger partial charge on any atom is -0.462 e. The number of rotatable bonds is 8. The predicted molar refractivity (Wildman–Crippen MR) is 99.4 cm³/mol. The van der Waals surface area contributed by atoms with Gasteiger partial charge >= 0.3 is 5.97 Å². The Labute approximate surface area is 147 Å². The zero-order valence-electron chi connectivity index (χ0n) is 15.6. The number of aryl methyl sites for hydroxylation is 1. The molecule has 1 heterocycles. The van der Waals surface area contributed by atoms with E-state index in [4.69, 9.17) is 4.74 Å². The highest BCUT2D eigenvalue weighted by molar-refractivity contribution is 5.89. The summed E-state index contributed by atoms with van der Waals surface area (Å²) < 4.78 is 5.43. The molecule has 0 bridgehead atoms. The third kappa shape index (κ3) is 6.27. The zero-order valence-corrected chi connectivity index (χ0v) is 15.6. The molecule has 0 radical (unpaired) electrons. The first-order chi connectivity index (χ1) is 11.6. The van der Waals surface area contributed by atoms with Gasteiger partial charge in [0.05, 0.1) is 12.2 Å². The van der Waals surface area contributed by atoms with E-state index in [-0.39, 0.29) is 5.97 Å². The Balaban J connectivity index is 1.68. The van der Waals surface area contributed by atoms with E-state index in [2.05, 4.69) is 25.7 Å². The van der Waals surface area contributed by atoms with Gasteiger partial charge in [-0.2, -0.15) is 0 Å². The van der Waals surface area contributed by atoms with Crippen LogP contribution >= 0.6 is 0 Å². The van der Waals surface area contributed by atoms with Crippen LogP contribution < -0.4 is 0 Å². The van der Waals surface area contributed by atoms with Crippen LogP contribution in [0.25, 0.3) is 0 Å². The molecule has 1 unspecified atom stereocenters. The van der Waals surface area contributed by atoms with Gasteiger partial charge in [0.15, 0.2) is 0 Å². The lowest BCUT2D eigenvalue weighted by atomic mass is 10.0. The minimum absolute atomic E-state index is 0.197. The first kappa shape index (κ1) is 19.0. The number of piperidine rings is 1. The van der Waals surface area contributed by atoms with E-state index >= 15 is 0 Å². The molecule has 24 heavy (non-hydrogen) atoms. The summed E-state index contributed by atoms with van der Waals surface area (Å²) in [6.07, 6.45) is 7.11. The van der Waals surface area contributed by atoms with Gasteiger partial charge in [0, 0.05) is 12.6 Å².